The van der Waals surface area contributed by atoms with Crippen molar-refractivity contribution in [1.29, 1.82) is 0 Å². The van der Waals surface area contributed by atoms with E-state index in [9.17, 15) is 0 Å². The van der Waals surface area contributed by atoms with Gasteiger partial charge in [0.1, 0.15) is 11.3 Å². The summed E-state index contributed by atoms with van der Waals surface area (Å²) >= 11 is 5.97. The van der Waals surface area contributed by atoms with E-state index in [1.165, 1.54) is 0 Å². The van der Waals surface area contributed by atoms with Gasteiger partial charge in [0.15, 0.2) is 5.65 Å². The van der Waals surface area contributed by atoms with Gasteiger partial charge in [-0.15, -0.1) is 11.6 Å². The second kappa shape index (κ2) is 7.02. The molecule has 5 nitrogen and oxygen atoms in total. The fraction of sp³-hybridized carbons (Fsp3) is 0.571. The number of halogens is 1. The Morgan fingerprint density at radius 1 is 1.25 bits per heavy atom. The molecule has 0 aliphatic carbocycles. The fourth-order valence-corrected chi connectivity index (χ4v) is 2.19. The van der Waals surface area contributed by atoms with Crippen molar-refractivity contribution in [2.45, 2.75) is 19.3 Å². The van der Waals surface area contributed by atoms with Crippen molar-refractivity contribution in [3.05, 3.63) is 23.7 Å². The average Bonchev–Trinajstić information content (AvgIpc) is 2.75. The number of pyridine rings is 1. The van der Waals surface area contributed by atoms with Crippen LogP contribution in [0.1, 0.15) is 11.5 Å². The Labute approximate surface area is 124 Å². The highest BCUT2D eigenvalue weighted by atomic mass is 35.5. The van der Waals surface area contributed by atoms with Crippen LogP contribution in [0.2, 0.25) is 0 Å². The monoisotopic (exact) mass is 296 g/mol. The highest BCUT2D eigenvalue weighted by Gasteiger charge is 2.11. The van der Waals surface area contributed by atoms with Crippen molar-refractivity contribution in [3.63, 3.8) is 0 Å². The molecule has 0 N–H and O–H groups in total. The number of ether oxygens (including phenoxy) is 1. The lowest BCUT2D eigenvalue weighted by molar-refractivity contribution is 0.111. The zero-order valence-corrected chi connectivity index (χ0v) is 13.0. The second-order valence-electron chi connectivity index (χ2n) is 5.02. The maximum Gasteiger partial charge on any atom is 0.160 e. The van der Waals surface area contributed by atoms with Crippen LogP contribution in [0.5, 0.6) is 0 Å². The van der Waals surface area contributed by atoms with Crippen LogP contribution in [0.15, 0.2) is 12.1 Å². The van der Waals surface area contributed by atoms with Gasteiger partial charge in [0.05, 0.1) is 19.1 Å². The maximum absolute atomic E-state index is 5.97. The number of imidazole rings is 1. The molecule has 20 heavy (non-hydrogen) atoms. The molecule has 0 spiro atoms. The van der Waals surface area contributed by atoms with Gasteiger partial charge in [-0.25, -0.2) is 9.97 Å². The molecule has 0 amide bonds. The Morgan fingerprint density at radius 2 is 2.05 bits per heavy atom. The predicted octanol–water partition coefficient (Wildman–Crippen LogP) is 2.06. The van der Waals surface area contributed by atoms with Gasteiger partial charge >= 0.3 is 0 Å². The van der Waals surface area contributed by atoms with E-state index >= 15 is 0 Å². The van der Waals surface area contributed by atoms with Crippen molar-refractivity contribution in [2.75, 3.05) is 33.9 Å². The molecule has 0 atom stereocenters. The molecule has 0 fully saturated rings. The van der Waals surface area contributed by atoms with Crippen LogP contribution < -0.4 is 0 Å². The van der Waals surface area contributed by atoms with Gasteiger partial charge in [-0.1, -0.05) is 0 Å². The average molecular weight is 297 g/mol. The SMILES string of the molecule is Cc1ccc2nc(CCl)n(CCOCCN(C)C)c2n1. The number of rotatable bonds is 7. The van der Waals surface area contributed by atoms with E-state index in [1.54, 1.807) is 0 Å². The molecule has 110 valence electrons. The van der Waals surface area contributed by atoms with Gasteiger partial charge in [0, 0.05) is 18.8 Å². The third-order valence-electron chi connectivity index (χ3n) is 3.07. The minimum Gasteiger partial charge on any atom is -0.378 e. The van der Waals surface area contributed by atoms with Crippen molar-refractivity contribution >= 4 is 22.8 Å². The number of hydrogen-bond donors (Lipinski definition) is 0. The first-order chi connectivity index (χ1) is 9.61. The van der Waals surface area contributed by atoms with Crippen LogP contribution in [-0.4, -0.2) is 53.3 Å². The van der Waals surface area contributed by atoms with Crippen LogP contribution in [0, 0.1) is 6.92 Å². The summed E-state index contributed by atoms with van der Waals surface area (Å²) in [6, 6.07) is 3.95. The molecule has 6 heteroatoms. The van der Waals surface area contributed by atoms with Crippen LogP contribution >= 0.6 is 11.6 Å². The number of aromatic nitrogens is 3. The predicted molar refractivity (Wildman–Crippen MR) is 81.2 cm³/mol. The number of aryl methyl sites for hydroxylation is 1. The van der Waals surface area contributed by atoms with Gasteiger partial charge in [-0.2, -0.15) is 0 Å². The minimum absolute atomic E-state index is 0.382. The lowest BCUT2D eigenvalue weighted by atomic mass is 10.3. The molecule has 2 rings (SSSR count). The molecular formula is C14H21ClN4O. The molecule has 0 aliphatic rings. The van der Waals surface area contributed by atoms with Gasteiger partial charge in [-0.05, 0) is 33.2 Å². The van der Waals surface area contributed by atoms with Gasteiger partial charge < -0.3 is 14.2 Å². The quantitative estimate of drug-likeness (QED) is 0.579. The first kappa shape index (κ1) is 15.2. The van der Waals surface area contributed by atoms with E-state index in [1.807, 2.05) is 37.7 Å². The van der Waals surface area contributed by atoms with Crippen LogP contribution in [-0.2, 0) is 17.2 Å². The summed E-state index contributed by atoms with van der Waals surface area (Å²) in [6.45, 7) is 4.98. The van der Waals surface area contributed by atoms with E-state index in [-0.39, 0.29) is 0 Å². The molecule has 0 aliphatic heterocycles. The third-order valence-corrected chi connectivity index (χ3v) is 3.31. The fourth-order valence-electron chi connectivity index (χ4n) is 1.99. The summed E-state index contributed by atoms with van der Waals surface area (Å²) in [7, 11) is 4.07. The lowest BCUT2D eigenvalue weighted by Crippen LogP contribution is -2.19. The van der Waals surface area contributed by atoms with Crippen molar-refractivity contribution in [2.24, 2.45) is 0 Å². The Hall–Kier alpha value is -1.17. The summed E-state index contributed by atoms with van der Waals surface area (Å²) in [6.07, 6.45) is 0. The Kier molecular flexibility index (Phi) is 5.34. The number of likely N-dealkylation sites (N-methyl/N-ethyl adjacent to an activating group) is 1. The zero-order chi connectivity index (χ0) is 14.5. The Balaban J connectivity index is 2.06. The van der Waals surface area contributed by atoms with E-state index in [0.29, 0.717) is 12.5 Å². The minimum atomic E-state index is 0.382. The normalized spacial score (nSPS) is 11.7. The lowest BCUT2D eigenvalue weighted by Gasteiger charge is -2.11. The zero-order valence-electron chi connectivity index (χ0n) is 12.3. The van der Waals surface area contributed by atoms with Gasteiger partial charge in [0.2, 0.25) is 0 Å². The van der Waals surface area contributed by atoms with Crippen LogP contribution in [0.3, 0.4) is 0 Å². The largest absolute Gasteiger partial charge is 0.378 e. The van der Waals surface area contributed by atoms with E-state index < -0.39 is 0 Å². The molecule has 0 saturated heterocycles. The summed E-state index contributed by atoms with van der Waals surface area (Å²) in [5.74, 6) is 1.23. The molecule has 0 aromatic carbocycles. The van der Waals surface area contributed by atoms with Crippen LogP contribution in [0.25, 0.3) is 11.2 Å². The van der Waals surface area contributed by atoms with Gasteiger partial charge in [0.25, 0.3) is 0 Å². The topological polar surface area (TPSA) is 43.2 Å². The molecule has 0 unspecified atom stereocenters. The first-order valence-electron chi connectivity index (χ1n) is 6.73. The second-order valence-corrected chi connectivity index (χ2v) is 5.29. The summed E-state index contributed by atoms with van der Waals surface area (Å²) in [5, 5.41) is 0. The Morgan fingerprint density at radius 3 is 2.75 bits per heavy atom. The third kappa shape index (κ3) is 3.69. The van der Waals surface area contributed by atoms with E-state index in [2.05, 4.69) is 14.9 Å². The smallest absolute Gasteiger partial charge is 0.160 e. The standard InChI is InChI=1S/C14H21ClN4O/c1-11-4-5-12-14(16-11)19(13(10-15)17-12)7-9-20-8-6-18(2)3/h4-5H,6-10H2,1-3H3. The number of alkyl halides is 1. The highest BCUT2D eigenvalue weighted by Crippen LogP contribution is 2.16. The van der Waals surface area contributed by atoms with E-state index in [4.69, 9.17) is 16.3 Å². The van der Waals surface area contributed by atoms with Gasteiger partial charge in [-0.3, -0.25) is 0 Å². The number of hydrogen-bond acceptors (Lipinski definition) is 4. The first-order valence-corrected chi connectivity index (χ1v) is 7.26. The molecule has 2 aromatic heterocycles. The summed E-state index contributed by atoms with van der Waals surface area (Å²) in [4.78, 5) is 11.2. The highest BCUT2D eigenvalue weighted by molar-refractivity contribution is 6.16. The van der Waals surface area contributed by atoms with Crippen molar-refractivity contribution < 1.29 is 4.74 Å². The molecule has 2 heterocycles. The van der Waals surface area contributed by atoms with Crippen LogP contribution in [0.4, 0.5) is 0 Å². The molecule has 0 bridgehead atoms. The molecule has 0 radical (unpaired) electrons. The van der Waals surface area contributed by atoms with Crippen molar-refractivity contribution in [3.8, 4) is 0 Å². The molecular weight excluding hydrogens is 276 g/mol. The van der Waals surface area contributed by atoms with Crippen molar-refractivity contribution in [1.82, 2.24) is 19.4 Å². The molecule has 0 saturated carbocycles. The summed E-state index contributed by atoms with van der Waals surface area (Å²) in [5.41, 5.74) is 2.75. The van der Waals surface area contributed by atoms with E-state index in [0.717, 1.165) is 42.4 Å². The Bertz CT molecular complexity index is 568. The molecule has 2 aromatic rings. The number of fused-ring (bicyclic) bond motifs is 1. The summed E-state index contributed by atoms with van der Waals surface area (Å²) < 4.78 is 7.68. The number of nitrogens with zero attached hydrogens (tertiary/aromatic N) is 4. The maximum atomic E-state index is 5.97.